The van der Waals surface area contributed by atoms with Crippen LogP contribution in [-0.2, 0) is 11.4 Å². The van der Waals surface area contributed by atoms with E-state index >= 15 is 0 Å². The van der Waals surface area contributed by atoms with Crippen LogP contribution in [0.5, 0.6) is 0 Å². The molecule has 1 saturated heterocycles. The summed E-state index contributed by atoms with van der Waals surface area (Å²) in [7, 11) is 0. The quantitative estimate of drug-likeness (QED) is 0.738. The predicted octanol–water partition coefficient (Wildman–Crippen LogP) is 1.93. The van der Waals surface area contributed by atoms with Crippen molar-refractivity contribution >= 4 is 17.3 Å². The molecule has 0 aromatic heterocycles. The Morgan fingerprint density at radius 1 is 1.38 bits per heavy atom. The van der Waals surface area contributed by atoms with E-state index in [-0.39, 0.29) is 5.91 Å². The summed E-state index contributed by atoms with van der Waals surface area (Å²) < 4.78 is 12.6. The van der Waals surface area contributed by atoms with Crippen LogP contribution in [0.2, 0.25) is 0 Å². The highest BCUT2D eigenvalue weighted by Crippen LogP contribution is 2.19. The summed E-state index contributed by atoms with van der Waals surface area (Å²) >= 11 is -1.09. The van der Waals surface area contributed by atoms with Crippen molar-refractivity contribution < 1.29 is 9.35 Å². The number of nitrogens with zero attached hydrogens (tertiary/aromatic N) is 1. The zero-order valence-corrected chi connectivity index (χ0v) is 10.3. The molecule has 4 heteroatoms. The number of carbonyl (C=O) groups is 1. The van der Waals surface area contributed by atoms with Crippen LogP contribution >= 0.6 is 0 Å². The average molecular weight is 237 g/mol. The molecule has 1 fully saturated rings. The van der Waals surface area contributed by atoms with Crippen molar-refractivity contribution in [3.05, 3.63) is 35.4 Å². The molecule has 1 atom stereocenters. The van der Waals surface area contributed by atoms with Gasteiger partial charge in [-0.05, 0) is 23.6 Å². The number of benzene rings is 1. The normalized spacial score (nSPS) is 19.8. The van der Waals surface area contributed by atoms with E-state index in [2.05, 4.69) is 13.8 Å². The standard InChI is InChI=1S/C12H15NO2S/c1-9(2)10-3-5-11(6-4-10)12(14)13-7-8-16(13)15/h3-6,9H,7-8H2,1-2H3. The molecule has 0 bridgehead atoms. The second-order valence-corrected chi connectivity index (χ2v) is 5.70. The zero-order valence-electron chi connectivity index (χ0n) is 9.47. The Morgan fingerprint density at radius 3 is 2.38 bits per heavy atom. The molecule has 1 aromatic carbocycles. The van der Waals surface area contributed by atoms with Crippen LogP contribution in [-0.4, -0.2) is 27.1 Å². The topological polar surface area (TPSA) is 43.4 Å². The smallest absolute Gasteiger partial charge is 0.295 e. The molecule has 86 valence electrons. The summed E-state index contributed by atoms with van der Waals surface area (Å²) in [6.45, 7) is 4.83. The number of carbonyl (C=O) groups excluding carboxylic acids is 1. The highest BCUT2D eigenvalue weighted by atomic mass is 32.2. The van der Waals surface area contributed by atoms with Gasteiger partial charge in [0.1, 0.15) is 6.54 Å². The fraction of sp³-hybridized carbons (Fsp3) is 0.417. The molecule has 1 amide bonds. The SMILES string of the molecule is CC(C)c1ccc(C(=O)N2CC[S+]2[O-])cc1. The molecule has 0 N–H and O–H groups in total. The maximum atomic E-state index is 11.9. The lowest BCUT2D eigenvalue weighted by molar-refractivity contribution is 0.0850. The summed E-state index contributed by atoms with van der Waals surface area (Å²) in [4.78, 5) is 11.9. The van der Waals surface area contributed by atoms with Gasteiger partial charge in [0.2, 0.25) is 0 Å². The lowest BCUT2D eigenvalue weighted by Gasteiger charge is -2.31. The minimum atomic E-state index is -1.09. The van der Waals surface area contributed by atoms with Gasteiger partial charge in [0.15, 0.2) is 5.75 Å². The monoisotopic (exact) mass is 237 g/mol. The van der Waals surface area contributed by atoms with Gasteiger partial charge < -0.3 is 4.55 Å². The second-order valence-electron chi connectivity index (χ2n) is 4.21. The van der Waals surface area contributed by atoms with Gasteiger partial charge in [0, 0.05) is 5.56 Å². The number of hydrogen-bond donors (Lipinski definition) is 0. The maximum Gasteiger partial charge on any atom is 0.295 e. The summed E-state index contributed by atoms with van der Waals surface area (Å²) in [6, 6.07) is 7.54. The molecule has 0 aliphatic carbocycles. The van der Waals surface area contributed by atoms with Crippen molar-refractivity contribution in [2.24, 2.45) is 0 Å². The number of rotatable bonds is 2. The van der Waals surface area contributed by atoms with Gasteiger partial charge in [-0.1, -0.05) is 26.0 Å². The Labute approximate surface area is 98.8 Å². The molecule has 1 heterocycles. The van der Waals surface area contributed by atoms with Gasteiger partial charge in [0.25, 0.3) is 5.91 Å². The van der Waals surface area contributed by atoms with Crippen LogP contribution in [0.1, 0.15) is 35.7 Å². The molecule has 0 radical (unpaired) electrons. The van der Waals surface area contributed by atoms with Crippen molar-refractivity contribution in [3.63, 3.8) is 0 Å². The lowest BCUT2D eigenvalue weighted by atomic mass is 10.0. The first-order valence-electron chi connectivity index (χ1n) is 5.40. The van der Waals surface area contributed by atoms with Crippen molar-refractivity contribution in [2.45, 2.75) is 19.8 Å². The fourth-order valence-electron chi connectivity index (χ4n) is 1.61. The van der Waals surface area contributed by atoms with Crippen LogP contribution in [0.15, 0.2) is 24.3 Å². The van der Waals surface area contributed by atoms with E-state index in [9.17, 15) is 9.35 Å². The first-order valence-corrected chi connectivity index (χ1v) is 6.67. The molecule has 0 saturated carbocycles. The minimum Gasteiger partial charge on any atom is -0.593 e. The molecule has 1 aromatic rings. The Bertz CT molecular complexity index is 389. The first-order chi connectivity index (χ1) is 7.59. The van der Waals surface area contributed by atoms with Crippen LogP contribution < -0.4 is 0 Å². The lowest BCUT2D eigenvalue weighted by Crippen LogP contribution is -2.50. The average Bonchev–Trinajstić information content (AvgIpc) is 2.27. The van der Waals surface area contributed by atoms with Crippen molar-refractivity contribution in [1.29, 1.82) is 0 Å². The van der Waals surface area contributed by atoms with Crippen molar-refractivity contribution in [2.75, 3.05) is 12.3 Å². The van der Waals surface area contributed by atoms with E-state index < -0.39 is 11.4 Å². The maximum absolute atomic E-state index is 11.9. The summed E-state index contributed by atoms with van der Waals surface area (Å²) in [6.07, 6.45) is 0. The Kier molecular flexibility index (Phi) is 3.21. The molecular formula is C12H15NO2S. The predicted molar refractivity (Wildman–Crippen MR) is 64.6 cm³/mol. The number of amides is 1. The molecule has 16 heavy (non-hydrogen) atoms. The van der Waals surface area contributed by atoms with E-state index in [1.165, 1.54) is 9.87 Å². The van der Waals surface area contributed by atoms with E-state index in [1.54, 1.807) is 0 Å². The molecule has 1 aliphatic rings. The zero-order chi connectivity index (χ0) is 11.7. The fourth-order valence-corrected chi connectivity index (χ4v) is 2.41. The Hall–Kier alpha value is -1.00. The van der Waals surface area contributed by atoms with Gasteiger partial charge in [0.05, 0.1) is 11.4 Å². The van der Waals surface area contributed by atoms with Crippen molar-refractivity contribution in [1.82, 2.24) is 4.31 Å². The van der Waals surface area contributed by atoms with Gasteiger partial charge in [-0.25, -0.2) is 0 Å². The highest BCUT2D eigenvalue weighted by molar-refractivity contribution is 7.90. The molecule has 1 unspecified atom stereocenters. The first kappa shape index (κ1) is 11.5. The molecule has 1 aliphatic heterocycles. The largest absolute Gasteiger partial charge is 0.593 e. The Balaban J connectivity index is 2.12. The third-order valence-corrected chi connectivity index (χ3v) is 4.14. The summed E-state index contributed by atoms with van der Waals surface area (Å²) in [5, 5.41) is 0. The van der Waals surface area contributed by atoms with Crippen LogP contribution in [0, 0.1) is 0 Å². The summed E-state index contributed by atoms with van der Waals surface area (Å²) in [5.74, 6) is 0.942. The van der Waals surface area contributed by atoms with Crippen molar-refractivity contribution in [3.8, 4) is 0 Å². The van der Waals surface area contributed by atoms with Gasteiger partial charge >= 0.3 is 0 Å². The third kappa shape index (κ3) is 2.08. The molecule has 0 spiro atoms. The van der Waals surface area contributed by atoms with E-state index in [0.29, 0.717) is 23.8 Å². The highest BCUT2D eigenvalue weighted by Gasteiger charge is 2.36. The molecular weight excluding hydrogens is 222 g/mol. The molecule has 3 nitrogen and oxygen atoms in total. The van der Waals surface area contributed by atoms with Crippen LogP contribution in [0.25, 0.3) is 0 Å². The van der Waals surface area contributed by atoms with Crippen LogP contribution in [0.3, 0.4) is 0 Å². The van der Waals surface area contributed by atoms with Crippen LogP contribution in [0.4, 0.5) is 0 Å². The number of hydrogen-bond acceptors (Lipinski definition) is 2. The third-order valence-electron chi connectivity index (χ3n) is 2.77. The van der Waals surface area contributed by atoms with E-state index in [4.69, 9.17) is 0 Å². The minimum absolute atomic E-state index is 0.125. The van der Waals surface area contributed by atoms with E-state index in [0.717, 1.165) is 0 Å². The summed E-state index contributed by atoms with van der Waals surface area (Å²) in [5.41, 5.74) is 1.83. The van der Waals surface area contributed by atoms with Gasteiger partial charge in [-0.15, -0.1) is 0 Å². The van der Waals surface area contributed by atoms with E-state index in [1.807, 2.05) is 24.3 Å². The van der Waals surface area contributed by atoms with Gasteiger partial charge in [-0.3, -0.25) is 4.79 Å². The molecule has 2 rings (SSSR count). The second kappa shape index (κ2) is 4.47. The van der Waals surface area contributed by atoms with Gasteiger partial charge in [-0.2, -0.15) is 4.31 Å². The Morgan fingerprint density at radius 2 is 2.00 bits per heavy atom.